The second-order valence-electron chi connectivity index (χ2n) is 7.03. The predicted molar refractivity (Wildman–Crippen MR) is 88.0 cm³/mol. The standard InChI is InChI=1S/C19H27NO2/c1-13(2)15-4-6-16(7-5-15)14(3)20-10-11-22-18(12-20)19(21)17-8-9-17/h4-7,13-14,17-18H,8-12H2,1-3H3/t14-,18-/m1/s1. The molecule has 0 spiro atoms. The molecule has 0 amide bonds. The molecule has 1 heterocycles. The van der Waals surface area contributed by atoms with Crippen LogP contribution >= 0.6 is 0 Å². The summed E-state index contributed by atoms with van der Waals surface area (Å²) < 4.78 is 5.72. The third kappa shape index (κ3) is 3.41. The van der Waals surface area contributed by atoms with Crippen molar-refractivity contribution < 1.29 is 9.53 Å². The van der Waals surface area contributed by atoms with Crippen molar-refractivity contribution in [1.29, 1.82) is 0 Å². The highest BCUT2D eigenvalue weighted by atomic mass is 16.5. The Bertz CT molecular complexity index is 519. The molecule has 3 rings (SSSR count). The lowest BCUT2D eigenvalue weighted by molar-refractivity contribution is -0.138. The van der Waals surface area contributed by atoms with Gasteiger partial charge in [0.15, 0.2) is 5.78 Å². The third-order valence-electron chi connectivity index (χ3n) is 5.03. The Kier molecular flexibility index (Phi) is 4.65. The van der Waals surface area contributed by atoms with Crippen LogP contribution in [0.4, 0.5) is 0 Å². The van der Waals surface area contributed by atoms with E-state index in [1.54, 1.807) is 0 Å². The zero-order valence-corrected chi connectivity index (χ0v) is 13.9. The Morgan fingerprint density at radius 3 is 2.36 bits per heavy atom. The van der Waals surface area contributed by atoms with Crippen LogP contribution in [0.1, 0.15) is 56.7 Å². The van der Waals surface area contributed by atoms with Crippen molar-refractivity contribution in [1.82, 2.24) is 4.90 Å². The molecular weight excluding hydrogens is 274 g/mol. The van der Waals surface area contributed by atoms with Crippen molar-refractivity contribution in [3.63, 3.8) is 0 Å². The summed E-state index contributed by atoms with van der Waals surface area (Å²) >= 11 is 0. The number of morpholine rings is 1. The zero-order valence-electron chi connectivity index (χ0n) is 13.9. The SMILES string of the molecule is CC(C)c1ccc([C@@H](C)N2CCO[C@@H](C(=O)C3CC3)C2)cc1. The number of Topliss-reactive ketones (excluding diaryl/α,β-unsaturated/α-hetero) is 1. The van der Waals surface area contributed by atoms with E-state index in [2.05, 4.69) is 49.9 Å². The third-order valence-corrected chi connectivity index (χ3v) is 5.03. The molecule has 2 atom stereocenters. The molecule has 0 unspecified atom stereocenters. The molecule has 0 bridgehead atoms. The van der Waals surface area contributed by atoms with Crippen LogP contribution < -0.4 is 0 Å². The Balaban J connectivity index is 1.65. The van der Waals surface area contributed by atoms with Crippen molar-refractivity contribution in [3.8, 4) is 0 Å². The fourth-order valence-corrected chi connectivity index (χ4v) is 3.19. The van der Waals surface area contributed by atoms with Gasteiger partial charge in [-0.2, -0.15) is 0 Å². The minimum atomic E-state index is -0.210. The molecule has 0 radical (unpaired) electrons. The van der Waals surface area contributed by atoms with Crippen molar-refractivity contribution in [2.45, 2.75) is 51.7 Å². The van der Waals surface area contributed by atoms with Crippen LogP contribution in [0.2, 0.25) is 0 Å². The number of hydrogen-bond acceptors (Lipinski definition) is 3. The first-order valence-electron chi connectivity index (χ1n) is 8.55. The Morgan fingerprint density at radius 2 is 1.77 bits per heavy atom. The molecule has 1 aliphatic carbocycles. The second-order valence-corrected chi connectivity index (χ2v) is 7.03. The lowest BCUT2D eigenvalue weighted by atomic mass is 9.98. The molecule has 2 fully saturated rings. The van der Waals surface area contributed by atoms with E-state index in [0.717, 1.165) is 25.9 Å². The van der Waals surface area contributed by atoms with Crippen LogP contribution in [0.5, 0.6) is 0 Å². The van der Waals surface area contributed by atoms with Gasteiger partial charge in [0.2, 0.25) is 0 Å². The Labute approximate surface area is 133 Å². The number of ketones is 1. The average molecular weight is 301 g/mol. The number of nitrogens with zero attached hydrogens (tertiary/aromatic N) is 1. The van der Waals surface area contributed by atoms with Crippen LogP contribution in [-0.4, -0.2) is 36.5 Å². The molecular formula is C19H27NO2. The van der Waals surface area contributed by atoms with E-state index in [1.165, 1.54) is 11.1 Å². The predicted octanol–water partition coefficient (Wildman–Crippen LogP) is 3.55. The van der Waals surface area contributed by atoms with Gasteiger partial charge in [-0.05, 0) is 36.8 Å². The maximum absolute atomic E-state index is 12.2. The molecule has 1 aromatic rings. The summed E-state index contributed by atoms with van der Waals surface area (Å²) in [5.74, 6) is 1.17. The highest BCUT2D eigenvalue weighted by molar-refractivity contribution is 5.87. The number of ether oxygens (including phenoxy) is 1. The van der Waals surface area contributed by atoms with Crippen LogP contribution in [0.3, 0.4) is 0 Å². The maximum Gasteiger partial charge on any atom is 0.165 e. The van der Waals surface area contributed by atoms with E-state index >= 15 is 0 Å². The van der Waals surface area contributed by atoms with Gasteiger partial charge in [-0.15, -0.1) is 0 Å². The highest BCUT2D eigenvalue weighted by Crippen LogP contribution is 2.33. The zero-order chi connectivity index (χ0) is 15.7. The normalized spacial score (nSPS) is 24.5. The number of rotatable bonds is 5. The first-order valence-corrected chi connectivity index (χ1v) is 8.55. The molecule has 0 aromatic heterocycles. The minimum absolute atomic E-state index is 0.210. The van der Waals surface area contributed by atoms with Crippen LogP contribution in [-0.2, 0) is 9.53 Å². The molecule has 3 heteroatoms. The van der Waals surface area contributed by atoms with Crippen molar-refractivity contribution in [3.05, 3.63) is 35.4 Å². The topological polar surface area (TPSA) is 29.5 Å². The summed E-state index contributed by atoms with van der Waals surface area (Å²) in [7, 11) is 0. The first-order chi connectivity index (χ1) is 10.6. The lowest BCUT2D eigenvalue weighted by Crippen LogP contribution is -2.47. The molecule has 1 saturated carbocycles. The van der Waals surface area contributed by atoms with Gasteiger partial charge < -0.3 is 4.74 Å². The largest absolute Gasteiger partial charge is 0.368 e. The van der Waals surface area contributed by atoms with Gasteiger partial charge in [-0.25, -0.2) is 0 Å². The number of carbonyl (C=O) groups is 1. The Hall–Kier alpha value is -1.19. The smallest absolute Gasteiger partial charge is 0.165 e. The molecule has 1 aromatic carbocycles. The summed E-state index contributed by atoms with van der Waals surface area (Å²) in [4.78, 5) is 14.6. The van der Waals surface area contributed by atoms with E-state index in [1.807, 2.05) is 0 Å². The van der Waals surface area contributed by atoms with Gasteiger partial charge in [0, 0.05) is 25.0 Å². The molecule has 22 heavy (non-hydrogen) atoms. The lowest BCUT2D eigenvalue weighted by Gasteiger charge is -2.36. The number of hydrogen-bond donors (Lipinski definition) is 0. The molecule has 0 N–H and O–H groups in total. The first kappa shape index (κ1) is 15.7. The summed E-state index contributed by atoms with van der Waals surface area (Å²) in [6.45, 7) is 8.97. The van der Waals surface area contributed by atoms with Crippen molar-refractivity contribution in [2.75, 3.05) is 19.7 Å². The summed E-state index contributed by atoms with van der Waals surface area (Å²) in [6, 6.07) is 9.24. The summed E-state index contributed by atoms with van der Waals surface area (Å²) in [5.41, 5.74) is 2.70. The van der Waals surface area contributed by atoms with Gasteiger partial charge in [-0.3, -0.25) is 9.69 Å². The van der Waals surface area contributed by atoms with E-state index < -0.39 is 0 Å². The van der Waals surface area contributed by atoms with Gasteiger partial charge in [0.1, 0.15) is 6.10 Å². The molecule has 3 nitrogen and oxygen atoms in total. The Morgan fingerprint density at radius 1 is 1.14 bits per heavy atom. The maximum atomic E-state index is 12.2. The minimum Gasteiger partial charge on any atom is -0.368 e. The van der Waals surface area contributed by atoms with Crippen LogP contribution in [0.15, 0.2) is 24.3 Å². The number of benzene rings is 1. The fourth-order valence-electron chi connectivity index (χ4n) is 3.19. The molecule has 1 saturated heterocycles. The number of carbonyl (C=O) groups excluding carboxylic acids is 1. The van der Waals surface area contributed by atoms with E-state index in [9.17, 15) is 4.79 Å². The molecule has 120 valence electrons. The van der Waals surface area contributed by atoms with Gasteiger partial charge >= 0.3 is 0 Å². The molecule has 1 aliphatic heterocycles. The second kappa shape index (κ2) is 6.51. The van der Waals surface area contributed by atoms with E-state index in [-0.39, 0.29) is 12.0 Å². The quantitative estimate of drug-likeness (QED) is 0.833. The molecule has 2 aliphatic rings. The van der Waals surface area contributed by atoms with Crippen molar-refractivity contribution in [2.24, 2.45) is 5.92 Å². The van der Waals surface area contributed by atoms with Gasteiger partial charge in [0.25, 0.3) is 0 Å². The fraction of sp³-hybridized carbons (Fsp3) is 0.632. The highest BCUT2D eigenvalue weighted by Gasteiger charge is 2.38. The monoisotopic (exact) mass is 301 g/mol. The van der Waals surface area contributed by atoms with Crippen molar-refractivity contribution >= 4 is 5.78 Å². The van der Waals surface area contributed by atoms with Crippen LogP contribution in [0.25, 0.3) is 0 Å². The summed E-state index contributed by atoms with van der Waals surface area (Å²) in [5, 5.41) is 0. The van der Waals surface area contributed by atoms with Gasteiger partial charge in [0.05, 0.1) is 6.61 Å². The van der Waals surface area contributed by atoms with Gasteiger partial charge in [-0.1, -0.05) is 38.1 Å². The average Bonchev–Trinajstić information content (AvgIpc) is 3.38. The van der Waals surface area contributed by atoms with E-state index in [4.69, 9.17) is 4.74 Å². The van der Waals surface area contributed by atoms with E-state index in [0.29, 0.717) is 24.3 Å². The van der Waals surface area contributed by atoms with Crippen LogP contribution in [0, 0.1) is 5.92 Å². The summed E-state index contributed by atoms with van der Waals surface area (Å²) in [6.07, 6.45) is 1.91.